The van der Waals surface area contributed by atoms with Crippen LogP contribution in [-0.2, 0) is 0 Å². The number of hydrogen-bond donors (Lipinski definition) is 2. The number of nitrogens with one attached hydrogen (secondary N) is 1. The first kappa shape index (κ1) is 11.7. The van der Waals surface area contributed by atoms with E-state index in [1.807, 2.05) is 0 Å². The summed E-state index contributed by atoms with van der Waals surface area (Å²) < 4.78 is 13.1. The molecule has 96 valence electrons. The van der Waals surface area contributed by atoms with E-state index in [1.54, 1.807) is 6.07 Å². The molecule has 3 rings (SSSR count). The van der Waals surface area contributed by atoms with E-state index < -0.39 is 0 Å². The van der Waals surface area contributed by atoms with Gasteiger partial charge in [0.2, 0.25) is 0 Å². The van der Waals surface area contributed by atoms with Crippen LogP contribution in [0.15, 0.2) is 18.2 Å². The summed E-state index contributed by atoms with van der Waals surface area (Å²) in [6.45, 7) is 0. The zero-order chi connectivity index (χ0) is 12.5. The number of hydrogen-bond acceptors (Lipinski definition) is 2. The molecule has 1 heterocycles. The highest BCUT2D eigenvalue weighted by molar-refractivity contribution is 5.75. The SMILES string of the molecule is NC(c1nc2ccc(F)cc2[nH]1)C1CCCCC1. The van der Waals surface area contributed by atoms with Crippen molar-refractivity contribution in [2.24, 2.45) is 11.7 Å². The number of imidazole rings is 1. The number of nitrogens with zero attached hydrogens (tertiary/aromatic N) is 1. The molecule has 3 nitrogen and oxygen atoms in total. The lowest BCUT2D eigenvalue weighted by molar-refractivity contribution is 0.302. The van der Waals surface area contributed by atoms with Crippen LogP contribution in [0.2, 0.25) is 0 Å². The Morgan fingerprint density at radius 1 is 1.28 bits per heavy atom. The molecular formula is C14H18FN3. The highest BCUT2D eigenvalue weighted by Crippen LogP contribution is 2.32. The topological polar surface area (TPSA) is 54.7 Å². The van der Waals surface area contributed by atoms with Crippen molar-refractivity contribution in [3.63, 3.8) is 0 Å². The van der Waals surface area contributed by atoms with Gasteiger partial charge in [0.1, 0.15) is 11.6 Å². The Kier molecular flexibility index (Phi) is 3.04. The predicted molar refractivity (Wildman–Crippen MR) is 69.6 cm³/mol. The van der Waals surface area contributed by atoms with E-state index in [0.717, 1.165) is 16.9 Å². The maximum atomic E-state index is 13.1. The third-order valence-corrected chi connectivity index (χ3v) is 3.94. The summed E-state index contributed by atoms with van der Waals surface area (Å²) in [5, 5.41) is 0. The van der Waals surface area contributed by atoms with Gasteiger partial charge in [-0.25, -0.2) is 9.37 Å². The van der Waals surface area contributed by atoms with Crippen LogP contribution >= 0.6 is 0 Å². The van der Waals surface area contributed by atoms with Gasteiger partial charge in [-0.2, -0.15) is 0 Å². The third kappa shape index (κ3) is 2.12. The van der Waals surface area contributed by atoms with Gasteiger partial charge in [-0.1, -0.05) is 19.3 Å². The van der Waals surface area contributed by atoms with E-state index in [1.165, 1.54) is 44.2 Å². The molecule has 3 N–H and O–H groups in total. The third-order valence-electron chi connectivity index (χ3n) is 3.94. The van der Waals surface area contributed by atoms with E-state index >= 15 is 0 Å². The Morgan fingerprint density at radius 3 is 2.83 bits per heavy atom. The lowest BCUT2D eigenvalue weighted by Crippen LogP contribution is -2.24. The largest absolute Gasteiger partial charge is 0.341 e. The molecule has 1 aromatic carbocycles. The maximum Gasteiger partial charge on any atom is 0.125 e. The second kappa shape index (κ2) is 4.69. The number of aromatic nitrogens is 2. The Bertz CT molecular complexity index is 543. The van der Waals surface area contributed by atoms with Crippen LogP contribution in [0.4, 0.5) is 4.39 Å². The second-order valence-corrected chi connectivity index (χ2v) is 5.21. The number of fused-ring (bicyclic) bond motifs is 1. The van der Waals surface area contributed by atoms with Gasteiger partial charge in [0.25, 0.3) is 0 Å². The summed E-state index contributed by atoms with van der Waals surface area (Å²) in [6.07, 6.45) is 6.17. The van der Waals surface area contributed by atoms with Crippen molar-refractivity contribution in [2.75, 3.05) is 0 Å². The summed E-state index contributed by atoms with van der Waals surface area (Å²) in [6, 6.07) is 4.54. The molecular weight excluding hydrogens is 229 g/mol. The van der Waals surface area contributed by atoms with Crippen molar-refractivity contribution in [2.45, 2.75) is 38.1 Å². The summed E-state index contributed by atoms with van der Waals surface area (Å²) in [5.41, 5.74) is 7.81. The zero-order valence-corrected chi connectivity index (χ0v) is 10.3. The Morgan fingerprint density at radius 2 is 2.06 bits per heavy atom. The van der Waals surface area contributed by atoms with Gasteiger partial charge < -0.3 is 10.7 Å². The Balaban J connectivity index is 1.88. The molecule has 1 aliphatic carbocycles. The Labute approximate surface area is 106 Å². The van der Waals surface area contributed by atoms with Crippen molar-refractivity contribution < 1.29 is 4.39 Å². The lowest BCUT2D eigenvalue weighted by atomic mass is 9.84. The van der Waals surface area contributed by atoms with Crippen molar-refractivity contribution in [1.29, 1.82) is 0 Å². The normalized spacial score (nSPS) is 19.2. The molecule has 18 heavy (non-hydrogen) atoms. The average molecular weight is 247 g/mol. The highest BCUT2D eigenvalue weighted by atomic mass is 19.1. The minimum atomic E-state index is -0.246. The van der Waals surface area contributed by atoms with Crippen LogP contribution in [0.5, 0.6) is 0 Å². The maximum absolute atomic E-state index is 13.1. The van der Waals surface area contributed by atoms with Crippen molar-refractivity contribution in [3.8, 4) is 0 Å². The quantitative estimate of drug-likeness (QED) is 0.855. The molecule has 1 fully saturated rings. The van der Waals surface area contributed by atoms with Crippen molar-refractivity contribution in [3.05, 3.63) is 29.8 Å². The molecule has 1 aliphatic rings. The van der Waals surface area contributed by atoms with Crippen molar-refractivity contribution >= 4 is 11.0 Å². The predicted octanol–water partition coefficient (Wildman–Crippen LogP) is 3.28. The van der Waals surface area contributed by atoms with Gasteiger partial charge in [0, 0.05) is 0 Å². The van der Waals surface area contributed by atoms with Crippen LogP contribution in [0, 0.1) is 11.7 Å². The molecule has 1 atom stereocenters. The van der Waals surface area contributed by atoms with E-state index in [2.05, 4.69) is 9.97 Å². The van der Waals surface area contributed by atoms with Gasteiger partial charge in [-0.3, -0.25) is 0 Å². The fraction of sp³-hybridized carbons (Fsp3) is 0.500. The molecule has 2 aromatic rings. The molecule has 1 aromatic heterocycles. The summed E-state index contributed by atoms with van der Waals surface area (Å²) in [7, 11) is 0. The van der Waals surface area contributed by atoms with Crippen LogP contribution in [0.25, 0.3) is 11.0 Å². The first-order valence-electron chi connectivity index (χ1n) is 6.65. The number of halogens is 1. The smallest absolute Gasteiger partial charge is 0.125 e. The number of rotatable bonds is 2. The minimum absolute atomic E-state index is 0.0549. The molecule has 1 unspecified atom stereocenters. The standard InChI is InChI=1S/C14H18FN3/c15-10-6-7-11-12(8-10)18-14(17-11)13(16)9-4-2-1-3-5-9/h6-9,13H,1-5,16H2,(H,17,18). The van der Waals surface area contributed by atoms with E-state index in [4.69, 9.17) is 5.73 Å². The second-order valence-electron chi connectivity index (χ2n) is 5.21. The first-order chi connectivity index (χ1) is 8.74. The summed E-state index contributed by atoms with van der Waals surface area (Å²) in [5.74, 6) is 1.05. The molecule has 0 bridgehead atoms. The molecule has 0 spiro atoms. The monoisotopic (exact) mass is 247 g/mol. The lowest BCUT2D eigenvalue weighted by Gasteiger charge is -2.26. The summed E-state index contributed by atoms with van der Waals surface area (Å²) in [4.78, 5) is 7.64. The van der Waals surface area contributed by atoms with E-state index in [9.17, 15) is 4.39 Å². The van der Waals surface area contributed by atoms with E-state index in [0.29, 0.717) is 5.92 Å². The number of H-pyrrole nitrogens is 1. The fourth-order valence-electron chi connectivity index (χ4n) is 2.88. The Hall–Kier alpha value is -1.42. The van der Waals surface area contributed by atoms with E-state index in [-0.39, 0.29) is 11.9 Å². The minimum Gasteiger partial charge on any atom is -0.341 e. The van der Waals surface area contributed by atoms with Crippen LogP contribution in [-0.4, -0.2) is 9.97 Å². The number of benzene rings is 1. The fourth-order valence-corrected chi connectivity index (χ4v) is 2.88. The highest BCUT2D eigenvalue weighted by Gasteiger charge is 2.24. The molecule has 0 amide bonds. The van der Waals surface area contributed by atoms with Crippen LogP contribution < -0.4 is 5.73 Å². The van der Waals surface area contributed by atoms with Crippen LogP contribution in [0.3, 0.4) is 0 Å². The van der Waals surface area contributed by atoms with Crippen molar-refractivity contribution in [1.82, 2.24) is 9.97 Å². The van der Waals surface area contributed by atoms with Gasteiger partial charge in [0.15, 0.2) is 0 Å². The molecule has 1 saturated carbocycles. The van der Waals surface area contributed by atoms with Gasteiger partial charge in [-0.15, -0.1) is 0 Å². The molecule has 4 heteroatoms. The van der Waals surface area contributed by atoms with Gasteiger partial charge >= 0.3 is 0 Å². The van der Waals surface area contributed by atoms with Gasteiger partial charge in [-0.05, 0) is 37.0 Å². The van der Waals surface area contributed by atoms with Crippen LogP contribution in [0.1, 0.15) is 44.0 Å². The molecule has 0 aliphatic heterocycles. The zero-order valence-electron chi connectivity index (χ0n) is 10.3. The molecule has 0 saturated heterocycles. The average Bonchev–Trinajstić information content (AvgIpc) is 2.81. The van der Waals surface area contributed by atoms with Gasteiger partial charge in [0.05, 0.1) is 17.1 Å². The first-order valence-corrected chi connectivity index (χ1v) is 6.65. The summed E-state index contributed by atoms with van der Waals surface area (Å²) >= 11 is 0. The molecule has 0 radical (unpaired) electrons. The number of nitrogens with two attached hydrogens (primary N) is 1. The number of aromatic amines is 1.